The van der Waals surface area contributed by atoms with Gasteiger partial charge in [-0.25, -0.2) is 0 Å². The second kappa shape index (κ2) is 7.82. The molecule has 1 amide bonds. The predicted molar refractivity (Wildman–Crippen MR) is 99.3 cm³/mol. The minimum Gasteiger partial charge on any atom is -0.326 e. The molecule has 1 atom stereocenters. The van der Waals surface area contributed by atoms with Gasteiger partial charge in [0.1, 0.15) is 0 Å². The van der Waals surface area contributed by atoms with Gasteiger partial charge in [0.05, 0.1) is 5.92 Å². The van der Waals surface area contributed by atoms with Crippen LogP contribution in [-0.4, -0.2) is 23.9 Å². The molecule has 0 unspecified atom stereocenters. The first-order valence-electron chi connectivity index (χ1n) is 8.44. The molecule has 0 spiro atoms. The molecule has 3 rings (SSSR count). The maximum Gasteiger partial charge on any atom is 0.228 e. The zero-order chi connectivity index (χ0) is 16.9. The van der Waals surface area contributed by atoms with Crippen LogP contribution in [0, 0.1) is 12.8 Å². The van der Waals surface area contributed by atoms with Gasteiger partial charge in [-0.15, -0.1) is 0 Å². The molecule has 1 aliphatic heterocycles. The summed E-state index contributed by atoms with van der Waals surface area (Å²) in [6, 6.07) is 15.9. The highest BCUT2D eigenvalue weighted by molar-refractivity contribution is 6.30. The monoisotopic (exact) mass is 342 g/mol. The molecule has 1 heterocycles. The summed E-state index contributed by atoms with van der Waals surface area (Å²) in [7, 11) is 0. The SMILES string of the molecule is Cc1ccc(NC(=O)[C@@H]2CCCN(Cc3ccc(Cl)cc3)C2)cc1. The maximum atomic E-state index is 12.5. The second-order valence-electron chi connectivity index (χ2n) is 6.56. The minimum absolute atomic E-state index is 0.0485. The molecular formula is C20H23ClN2O. The molecule has 0 radical (unpaired) electrons. The summed E-state index contributed by atoms with van der Waals surface area (Å²) in [5.74, 6) is 0.173. The molecule has 0 bridgehead atoms. The van der Waals surface area contributed by atoms with Crippen LogP contribution < -0.4 is 5.32 Å². The van der Waals surface area contributed by atoms with Crippen molar-refractivity contribution in [1.29, 1.82) is 0 Å². The number of carbonyl (C=O) groups is 1. The zero-order valence-electron chi connectivity index (χ0n) is 14.0. The van der Waals surface area contributed by atoms with E-state index in [1.807, 2.05) is 43.3 Å². The number of anilines is 1. The number of rotatable bonds is 4. The summed E-state index contributed by atoms with van der Waals surface area (Å²) in [4.78, 5) is 14.9. The van der Waals surface area contributed by atoms with Crippen molar-refractivity contribution in [2.24, 2.45) is 5.92 Å². The van der Waals surface area contributed by atoms with Gasteiger partial charge in [0.2, 0.25) is 5.91 Å². The van der Waals surface area contributed by atoms with Crippen molar-refractivity contribution in [3.8, 4) is 0 Å². The van der Waals surface area contributed by atoms with Crippen molar-refractivity contribution >= 4 is 23.2 Å². The fourth-order valence-electron chi connectivity index (χ4n) is 3.14. The molecule has 0 saturated carbocycles. The molecule has 2 aromatic rings. The number of hydrogen-bond acceptors (Lipinski definition) is 2. The fourth-order valence-corrected chi connectivity index (χ4v) is 3.27. The first-order valence-corrected chi connectivity index (χ1v) is 8.82. The molecular weight excluding hydrogens is 320 g/mol. The number of piperidine rings is 1. The van der Waals surface area contributed by atoms with Crippen LogP contribution >= 0.6 is 11.6 Å². The summed E-state index contributed by atoms with van der Waals surface area (Å²) >= 11 is 5.94. The third kappa shape index (κ3) is 4.59. The number of halogens is 1. The number of hydrogen-bond donors (Lipinski definition) is 1. The first-order chi connectivity index (χ1) is 11.6. The van der Waals surface area contributed by atoms with Gasteiger partial charge in [-0.3, -0.25) is 9.69 Å². The van der Waals surface area contributed by atoms with Crippen molar-refractivity contribution in [3.05, 3.63) is 64.7 Å². The van der Waals surface area contributed by atoms with Gasteiger partial charge in [0.25, 0.3) is 0 Å². The molecule has 1 fully saturated rings. The largest absolute Gasteiger partial charge is 0.326 e. The lowest BCUT2D eigenvalue weighted by molar-refractivity contribution is -0.121. The van der Waals surface area contributed by atoms with Gasteiger partial charge >= 0.3 is 0 Å². The van der Waals surface area contributed by atoms with Gasteiger partial charge in [0, 0.05) is 23.8 Å². The van der Waals surface area contributed by atoms with E-state index in [-0.39, 0.29) is 11.8 Å². The maximum absolute atomic E-state index is 12.5. The highest BCUT2D eigenvalue weighted by Crippen LogP contribution is 2.21. The third-order valence-corrected chi connectivity index (χ3v) is 4.77. The van der Waals surface area contributed by atoms with Crippen molar-refractivity contribution in [2.45, 2.75) is 26.3 Å². The average Bonchev–Trinajstić information content (AvgIpc) is 2.59. The van der Waals surface area contributed by atoms with Crippen molar-refractivity contribution in [3.63, 3.8) is 0 Å². The predicted octanol–water partition coefficient (Wildman–Crippen LogP) is 4.50. The lowest BCUT2D eigenvalue weighted by atomic mass is 9.96. The van der Waals surface area contributed by atoms with Gasteiger partial charge in [-0.1, -0.05) is 41.4 Å². The molecule has 0 aromatic heterocycles. The van der Waals surface area contributed by atoms with Crippen LogP contribution in [-0.2, 0) is 11.3 Å². The van der Waals surface area contributed by atoms with Crippen molar-refractivity contribution in [2.75, 3.05) is 18.4 Å². The van der Waals surface area contributed by atoms with Gasteiger partial charge in [-0.05, 0) is 56.1 Å². The number of aryl methyl sites for hydroxylation is 1. The average molecular weight is 343 g/mol. The number of carbonyl (C=O) groups excluding carboxylic acids is 1. The first kappa shape index (κ1) is 17.0. The number of nitrogens with zero attached hydrogens (tertiary/aromatic N) is 1. The normalized spacial score (nSPS) is 18.3. The highest BCUT2D eigenvalue weighted by atomic mass is 35.5. The summed E-state index contributed by atoms with van der Waals surface area (Å²) < 4.78 is 0. The third-order valence-electron chi connectivity index (χ3n) is 4.51. The summed E-state index contributed by atoms with van der Waals surface area (Å²) in [6.07, 6.45) is 2.01. The molecule has 126 valence electrons. The molecule has 24 heavy (non-hydrogen) atoms. The number of nitrogens with one attached hydrogen (secondary N) is 1. The lowest BCUT2D eigenvalue weighted by Crippen LogP contribution is -2.40. The Hall–Kier alpha value is -1.84. The van der Waals surface area contributed by atoms with Crippen LogP contribution in [0.1, 0.15) is 24.0 Å². The van der Waals surface area contributed by atoms with E-state index in [2.05, 4.69) is 22.3 Å². The van der Waals surface area contributed by atoms with Crippen molar-refractivity contribution in [1.82, 2.24) is 4.90 Å². The Bertz CT molecular complexity index is 682. The topological polar surface area (TPSA) is 32.3 Å². The Kier molecular flexibility index (Phi) is 5.54. The van der Waals surface area contributed by atoms with E-state index in [1.165, 1.54) is 11.1 Å². The van der Waals surface area contributed by atoms with Gasteiger partial charge in [-0.2, -0.15) is 0 Å². The molecule has 0 aliphatic carbocycles. The van der Waals surface area contributed by atoms with Gasteiger partial charge < -0.3 is 5.32 Å². The summed E-state index contributed by atoms with van der Waals surface area (Å²) in [5.41, 5.74) is 3.30. The smallest absolute Gasteiger partial charge is 0.228 e. The van der Waals surface area contributed by atoms with E-state index in [4.69, 9.17) is 11.6 Å². The zero-order valence-corrected chi connectivity index (χ0v) is 14.7. The Balaban J connectivity index is 1.57. The molecule has 3 nitrogen and oxygen atoms in total. The molecule has 1 saturated heterocycles. The molecule has 1 aliphatic rings. The van der Waals surface area contributed by atoms with E-state index < -0.39 is 0 Å². The second-order valence-corrected chi connectivity index (χ2v) is 6.99. The highest BCUT2D eigenvalue weighted by Gasteiger charge is 2.25. The van der Waals surface area contributed by atoms with E-state index in [0.29, 0.717) is 0 Å². The standard InChI is InChI=1S/C20H23ClN2O/c1-15-4-10-19(11-5-15)22-20(24)17-3-2-12-23(14-17)13-16-6-8-18(21)9-7-16/h4-11,17H,2-3,12-14H2,1H3,(H,22,24)/t17-/m1/s1. The minimum atomic E-state index is 0.0485. The van der Waals surface area contributed by atoms with E-state index in [0.717, 1.165) is 43.2 Å². The van der Waals surface area contributed by atoms with E-state index in [9.17, 15) is 4.79 Å². The summed E-state index contributed by atoms with van der Waals surface area (Å²) in [6.45, 7) is 4.75. The van der Waals surface area contributed by atoms with Crippen LogP contribution in [0.15, 0.2) is 48.5 Å². The summed E-state index contributed by atoms with van der Waals surface area (Å²) in [5, 5.41) is 3.80. The Morgan fingerprint density at radius 1 is 1.17 bits per heavy atom. The van der Waals surface area contributed by atoms with Crippen LogP contribution in [0.4, 0.5) is 5.69 Å². The molecule has 4 heteroatoms. The van der Waals surface area contributed by atoms with Crippen LogP contribution in [0.25, 0.3) is 0 Å². The number of benzene rings is 2. The Morgan fingerprint density at radius 2 is 1.88 bits per heavy atom. The van der Waals surface area contributed by atoms with Crippen LogP contribution in [0.5, 0.6) is 0 Å². The number of amides is 1. The number of likely N-dealkylation sites (tertiary alicyclic amines) is 1. The quantitative estimate of drug-likeness (QED) is 0.887. The Labute approximate surface area is 148 Å². The molecule has 1 N–H and O–H groups in total. The van der Waals surface area contributed by atoms with E-state index >= 15 is 0 Å². The fraction of sp³-hybridized carbons (Fsp3) is 0.350. The van der Waals surface area contributed by atoms with Gasteiger partial charge in [0.15, 0.2) is 0 Å². The van der Waals surface area contributed by atoms with Crippen LogP contribution in [0.3, 0.4) is 0 Å². The van der Waals surface area contributed by atoms with Crippen LogP contribution in [0.2, 0.25) is 5.02 Å². The van der Waals surface area contributed by atoms with E-state index in [1.54, 1.807) is 0 Å². The molecule has 2 aromatic carbocycles. The van der Waals surface area contributed by atoms with Crippen molar-refractivity contribution < 1.29 is 4.79 Å². The lowest BCUT2D eigenvalue weighted by Gasteiger charge is -2.32. The Morgan fingerprint density at radius 3 is 2.58 bits per heavy atom.